The summed E-state index contributed by atoms with van der Waals surface area (Å²) in [7, 11) is 1.47. The van der Waals surface area contributed by atoms with E-state index >= 15 is 0 Å². The average Bonchev–Trinajstić information content (AvgIpc) is 3.15. The van der Waals surface area contributed by atoms with Gasteiger partial charge in [-0.15, -0.1) is 6.58 Å². The number of hydrogen-bond acceptors (Lipinski definition) is 5. The Morgan fingerprint density at radius 3 is 2.11 bits per heavy atom. The number of carbonyl (C=O) groups excluding carboxylic acids is 2. The number of aliphatic carboxylic acids is 1. The van der Waals surface area contributed by atoms with E-state index in [-0.39, 0.29) is 25.4 Å². The summed E-state index contributed by atoms with van der Waals surface area (Å²) in [6.07, 6.45) is 0.868. The third-order valence-corrected chi connectivity index (χ3v) is 6.22. The molecular weight excluding hydrogens is 448 g/mol. The SMILES string of the molecule is C=CCC(NC(=O)OCC1c2ccccc2-c2ccccc21)C(=O)NC(CC(C)(C)OC)C(=O)O. The molecule has 2 atom stereocenters. The second kappa shape index (κ2) is 11.2. The van der Waals surface area contributed by atoms with Crippen LogP contribution in [0, 0.1) is 0 Å². The Bertz CT molecular complexity index is 1050. The van der Waals surface area contributed by atoms with Crippen molar-refractivity contribution in [1.29, 1.82) is 0 Å². The van der Waals surface area contributed by atoms with E-state index in [1.54, 1.807) is 13.8 Å². The number of fused-ring (bicyclic) bond motifs is 3. The standard InChI is InChI=1S/C27H32N2O6/c1-5-10-22(24(30)28-23(25(31)32)15-27(2,3)34-4)29-26(33)35-16-21-19-13-8-6-11-17(19)18-12-7-9-14-20(18)21/h5-9,11-14,21-23H,1,10,15-16H2,2-4H3,(H,28,30)(H,29,33)(H,31,32). The van der Waals surface area contributed by atoms with Gasteiger partial charge in [0.1, 0.15) is 18.7 Å². The third-order valence-electron chi connectivity index (χ3n) is 6.22. The van der Waals surface area contributed by atoms with Crippen LogP contribution < -0.4 is 10.6 Å². The Morgan fingerprint density at radius 1 is 1.03 bits per heavy atom. The van der Waals surface area contributed by atoms with Gasteiger partial charge in [0.05, 0.1) is 5.60 Å². The van der Waals surface area contributed by atoms with Crippen molar-refractivity contribution in [2.75, 3.05) is 13.7 Å². The molecule has 2 aromatic rings. The van der Waals surface area contributed by atoms with Crippen LogP contribution in [0.2, 0.25) is 0 Å². The van der Waals surface area contributed by atoms with Gasteiger partial charge in [-0.1, -0.05) is 54.6 Å². The van der Waals surface area contributed by atoms with Gasteiger partial charge in [-0.05, 0) is 42.5 Å². The number of alkyl carbamates (subject to hydrolysis) is 1. The minimum Gasteiger partial charge on any atom is -0.480 e. The van der Waals surface area contributed by atoms with Gasteiger partial charge in [-0.25, -0.2) is 9.59 Å². The van der Waals surface area contributed by atoms with E-state index in [9.17, 15) is 19.5 Å². The van der Waals surface area contributed by atoms with E-state index in [0.717, 1.165) is 22.3 Å². The predicted octanol–water partition coefficient (Wildman–Crippen LogP) is 3.85. The van der Waals surface area contributed by atoms with Crippen LogP contribution in [0.5, 0.6) is 0 Å². The molecule has 1 aliphatic carbocycles. The lowest BCUT2D eigenvalue weighted by Crippen LogP contribution is -2.53. The Hall–Kier alpha value is -3.65. The van der Waals surface area contributed by atoms with Gasteiger partial charge in [0, 0.05) is 19.4 Å². The van der Waals surface area contributed by atoms with E-state index in [0.29, 0.717) is 0 Å². The smallest absolute Gasteiger partial charge is 0.407 e. The summed E-state index contributed by atoms with van der Waals surface area (Å²) in [5, 5.41) is 14.6. The number of rotatable bonds is 11. The van der Waals surface area contributed by atoms with Crippen LogP contribution in [0.4, 0.5) is 4.79 Å². The zero-order valence-corrected chi connectivity index (χ0v) is 20.2. The summed E-state index contributed by atoms with van der Waals surface area (Å²) in [6.45, 7) is 7.18. The highest BCUT2D eigenvalue weighted by atomic mass is 16.5. The molecule has 2 amide bonds. The van der Waals surface area contributed by atoms with E-state index in [1.165, 1.54) is 13.2 Å². The first-order chi connectivity index (χ1) is 16.7. The van der Waals surface area contributed by atoms with E-state index in [4.69, 9.17) is 9.47 Å². The molecule has 0 saturated carbocycles. The first-order valence-corrected chi connectivity index (χ1v) is 11.5. The maximum atomic E-state index is 12.8. The molecule has 0 heterocycles. The molecule has 3 N–H and O–H groups in total. The van der Waals surface area contributed by atoms with Gasteiger partial charge in [0.2, 0.25) is 5.91 Å². The summed E-state index contributed by atoms with van der Waals surface area (Å²) in [4.78, 5) is 37.1. The Kier molecular flexibility index (Phi) is 8.30. The third kappa shape index (κ3) is 6.27. The maximum Gasteiger partial charge on any atom is 0.407 e. The number of ether oxygens (including phenoxy) is 2. The molecule has 2 aromatic carbocycles. The number of carbonyl (C=O) groups is 3. The molecule has 8 heteroatoms. The minimum absolute atomic E-state index is 0.0519. The summed E-state index contributed by atoms with van der Waals surface area (Å²) in [5.41, 5.74) is 3.61. The molecule has 35 heavy (non-hydrogen) atoms. The zero-order chi connectivity index (χ0) is 25.6. The molecule has 0 saturated heterocycles. The van der Waals surface area contributed by atoms with Crippen molar-refractivity contribution in [3.8, 4) is 11.1 Å². The largest absolute Gasteiger partial charge is 0.480 e. The number of benzene rings is 2. The zero-order valence-electron chi connectivity index (χ0n) is 20.2. The van der Waals surface area contributed by atoms with Crippen molar-refractivity contribution in [3.05, 3.63) is 72.3 Å². The lowest BCUT2D eigenvalue weighted by atomic mass is 9.98. The molecule has 0 radical (unpaired) electrons. The second-order valence-corrected chi connectivity index (χ2v) is 9.11. The quantitative estimate of drug-likeness (QED) is 0.421. The molecule has 8 nitrogen and oxygen atoms in total. The minimum atomic E-state index is -1.19. The van der Waals surface area contributed by atoms with E-state index in [1.807, 2.05) is 48.5 Å². The first kappa shape index (κ1) is 26.0. The molecule has 0 spiro atoms. The van der Waals surface area contributed by atoms with Crippen LogP contribution in [-0.2, 0) is 19.1 Å². The van der Waals surface area contributed by atoms with Gasteiger partial charge in [0.15, 0.2) is 0 Å². The van der Waals surface area contributed by atoms with Crippen molar-refractivity contribution in [3.63, 3.8) is 0 Å². The van der Waals surface area contributed by atoms with Crippen LogP contribution in [0.1, 0.15) is 43.7 Å². The van der Waals surface area contributed by atoms with Gasteiger partial charge >= 0.3 is 12.1 Å². The van der Waals surface area contributed by atoms with Crippen LogP contribution in [0.3, 0.4) is 0 Å². The van der Waals surface area contributed by atoms with Crippen molar-refractivity contribution < 1.29 is 29.0 Å². The number of methoxy groups -OCH3 is 1. The maximum absolute atomic E-state index is 12.8. The van der Waals surface area contributed by atoms with E-state index in [2.05, 4.69) is 17.2 Å². The fourth-order valence-electron chi connectivity index (χ4n) is 4.23. The van der Waals surface area contributed by atoms with Crippen molar-refractivity contribution in [1.82, 2.24) is 10.6 Å². The summed E-state index contributed by atoms with van der Waals surface area (Å²) < 4.78 is 10.8. The van der Waals surface area contributed by atoms with Gasteiger partial charge < -0.3 is 25.2 Å². The molecule has 0 bridgehead atoms. The summed E-state index contributed by atoms with van der Waals surface area (Å²) in [6, 6.07) is 13.8. The van der Waals surface area contributed by atoms with Gasteiger partial charge in [0.25, 0.3) is 0 Å². The molecule has 0 aromatic heterocycles. The molecular formula is C27H32N2O6. The summed E-state index contributed by atoms with van der Waals surface area (Å²) in [5.74, 6) is -1.95. The number of nitrogens with one attached hydrogen (secondary N) is 2. The molecule has 0 aliphatic heterocycles. The fraction of sp³-hybridized carbons (Fsp3) is 0.370. The van der Waals surface area contributed by atoms with Crippen molar-refractivity contribution in [2.45, 2.75) is 50.3 Å². The highest BCUT2D eigenvalue weighted by Gasteiger charge is 2.32. The molecule has 186 valence electrons. The second-order valence-electron chi connectivity index (χ2n) is 9.11. The molecule has 3 rings (SSSR count). The van der Waals surface area contributed by atoms with Gasteiger partial charge in [-0.2, -0.15) is 0 Å². The first-order valence-electron chi connectivity index (χ1n) is 11.5. The predicted molar refractivity (Wildman–Crippen MR) is 132 cm³/mol. The number of hydrogen-bond donors (Lipinski definition) is 3. The molecule has 0 fully saturated rings. The number of carboxylic acids is 1. The van der Waals surface area contributed by atoms with Gasteiger partial charge in [-0.3, -0.25) is 4.79 Å². The lowest BCUT2D eigenvalue weighted by Gasteiger charge is -2.28. The highest BCUT2D eigenvalue weighted by molar-refractivity contribution is 5.89. The molecule has 1 aliphatic rings. The monoisotopic (exact) mass is 480 g/mol. The Balaban J connectivity index is 1.64. The average molecular weight is 481 g/mol. The summed E-state index contributed by atoms with van der Waals surface area (Å²) >= 11 is 0. The topological polar surface area (TPSA) is 114 Å². The van der Waals surface area contributed by atoms with Crippen LogP contribution >= 0.6 is 0 Å². The number of carboxylic acid groups (broad SMARTS) is 1. The fourth-order valence-corrected chi connectivity index (χ4v) is 4.23. The number of amides is 2. The van der Waals surface area contributed by atoms with Crippen LogP contribution in [0.15, 0.2) is 61.2 Å². The van der Waals surface area contributed by atoms with Crippen molar-refractivity contribution in [2.24, 2.45) is 0 Å². The Morgan fingerprint density at radius 2 is 1.60 bits per heavy atom. The lowest BCUT2D eigenvalue weighted by molar-refractivity contribution is -0.144. The van der Waals surface area contributed by atoms with E-state index < -0.39 is 35.7 Å². The van der Waals surface area contributed by atoms with Crippen LogP contribution in [-0.4, -0.2) is 54.5 Å². The Labute approximate surface area is 205 Å². The van der Waals surface area contributed by atoms with Crippen molar-refractivity contribution >= 4 is 18.0 Å². The van der Waals surface area contributed by atoms with Crippen LogP contribution in [0.25, 0.3) is 11.1 Å². The highest BCUT2D eigenvalue weighted by Crippen LogP contribution is 2.44. The normalized spacial score (nSPS) is 14.3. The molecule has 2 unspecified atom stereocenters.